The van der Waals surface area contributed by atoms with Crippen LogP contribution in [0.25, 0.3) is 0 Å². The first-order valence-corrected chi connectivity index (χ1v) is 9.92. The van der Waals surface area contributed by atoms with Gasteiger partial charge in [0.15, 0.2) is 0 Å². The van der Waals surface area contributed by atoms with Gasteiger partial charge >= 0.3 is 0 Å². The van der Waals surface area contributed by atoms with Gasteiger partial charge in [0.2, 0.25) is 10.0 Å². The summed E-state index contributed by atoms with van der Waals surface area (Å²) >= 11 is 0. The minimum Gasteiger partial charge on any atom is -0.381 e. The summed E-state index contributed by atoms with van der Waals surface area (Å²) < 4.78 is 65.7. The fourth-order valence-electron chi connectivity index (χ4n) is 4.19. The van der Waals surface area contributed by atoms with Gasteiger partial charge in [-0.3, -0.25) is 0 Å². The topological polar surface area (TPSA) is 64.6 Å². The third-order valence-electron chi connectivity index (χ3n) is 5.30. The number of hydrogen-bond donors (Lipinski definition) is 1. The Balaban J connectivity index is 1.51. The summed E-state index contributed by atoms with van der Waals surface area (Å²) in [5.41, 5.74) is 0.0514. The number of halogens is 2. The van der Waals surface area contributed by atoms with Crippen LogP contribution in [-0.4, -0.2) is 52.1 Å². The van der Waals surface area contributed by atoms with Crippen LogP contribution in [0.2, 0.25) is 0 Å². The monoisotopic (exact) mass is 353 g/mol. The summed E-state index contributed by atoms with van der Waals surface area (Å²) in [6.45, 7) is 3.19. The molecule has 3 rings (SSSR count). The molecule has 0 radical (unpaired) electrons. The zero-order chi connectivity index (χ0) is 16.7. The molecule has 23 heavy (non-hydrogen) atoms. The molecule has 0 aromatic carbocycles. The number of alkyl halides is 2. The quantitative estimate of drug-likeness (QED) is 0.820. The smallest absolute Gasteiger partial charge is 0.266 e. The van der Waals surface area contributed by atoms with Crippen molar-refractivity contribution in [2.75, 3.05) is 25.6 Å². The first-order chi connectivity index (χ1) is 10.7. The predicted octanol–water partition coefficient (Wildman–Crippen LogP) is 1.93. The number of nitrogens with one attached hydrogen (secondary N) is 1. The summed E-state index contributed by atoms with van der Waals surface area (Å²) in [7, 11) is -3.99. The van der Waals surface area contributed by atoms with Crippen molar-refractivity contribution in [2.45, 2.75) is 57.1 Å². The minimum atomic E-state index is -3.99. The van der Waals surface area contributed by atoms with E-state index in [-0.39, 0.29) is 43.6 Å². The van der Waals surface area contributed by atoms with Crippen molar-refractivity contribution in [2.24, 2.45) is 11.3 Å². The zero-order valence-electron chi connectivity index (χ0n) is 13.4. The first-order valence-electron chi connectivity index (χ1n) is 8.27. The standard InChI is InChI=1S/C15H25F2NO4S/c1-11-6-14(9-22-11)7-13(8-14)18-23(19,20)10-15(16,17)12-2-4-21-5-3-12/h11-13,18H,2-10H2,1H3. The molecule has 5 nitrogen and oxygen atoms in total. The molecule has 0 bridgehead atoms. The number of sulfonamides is 1. The molecule has 1 aliphatic carbocycles. The van der Waals surface area contributed by atoms with Crippen LogP contribution in [0.15, 0.2) is 0 Å². The van der Waals surface area contributed by atoms with E-state index in [1.165, 1.54) is 0 Å². The largest absolute Gasteiger partial charge is 0.381 e. The Hall–Kier alpha value is -0.310. The maximum atomic E-state index is 14.2. The van der Waals surface area contributed by atoms with Crippen molar-refractivity contribution in [3.05, 3.63) is 0 Å². The van der Waals surface area contributed by atoms with E-state index < -0.39 is 27.6 Å². The molecule has 3 fully saturated rings. The molecule has 2 heterocycles. The van der Waals surface area contributed by atoms with Gasteiger partial charge in [0, 0.05) is 25.2 Å². The van der Waals surface area contributed by atoms with Crippen LogP contribution >= 0.6 is 0 Å². The minimum absolute atomic E-state index is 0.0514. The lowest BCUT2D eigenvalue weighted by Crippen LogP contribution is -2.53. The number of rotatable bonds is 5. The third-order valence-corrected chi connectivity index (χ3v) is 6.76. The summed E-state index contributed by atoms with van der Waals surface area (Å²) in [6.07, 6.45) is 2.90. The van der Waals surface area contributed by atoms with Crippen LogP contribution in [0.5, 0.6) is 0 Å². The fourth-order valence-corrected chi connectivity index (χ4v) is 5.69. The summed E-state index contributed by atoms with van der Waals surface area (Å²) in [5, 5.41) is 0. The Kier molecular flexibility index (Phi) is 4.72. The molecule has 0 amide bonds. The van der Waals surface area contributed by atoms with Crippen molar-refractivity contribution in [3.63, 3.8) is 0 Å². The Morgan fingerprint density at radius 3 is 2.43 bits per heavy atom. The molecule has 2 aliphatic heterocycles. The fraction of sp³-hybridized carbons (Fsp3) is 1.00. The van der Waals surface area contributed by atoms with Gasteiger partial charge in [-0.25, -0.2) is 21.9 Å². The van der Waals surface area contributed by atoms with Gasteiger partial charge in [0.1, 0.15) is 5.75 Å². The maximum absolute atomic E-state index is 14.2. The second kappa shape index (κ2) is 6.20. The third kappa shape index (κ3) is 4.03. The highest BCUT2D eigenvalue weighted by atomic mass is 32.2. The lowest BCUT2D eigenvalue weighted by Gasteiger charge is -2.44. The summed E-state index contributed by atoms with van der Waals surface area (Å²) in [5.74, 6) is -5.24. The van der Waals surface area contributed by atoms with Gasteiger partial charge < -0.3 is 9.47 Å². The number of ether oxygens (including phenoxy) is 2. The molecule has 1 N–H and O–H groups in total. The van der Waals surface area contributed by atoms with Crippen LogP contribution in [0.1, 0.15) is 39.0 Å². The normalized spacial score (nSPS) is 36.3. The molecule has 3 aliphatic rings. The number of hydrogen-bond acceptors (Lipinski definition) is 4. The van der Waals surface area contributed by atoms with Gasteiger partial charge in [-0.2, -0.15) is 0 Å². The molecule has 0 aromatic rings. The van der Waals surface area contributed by atoms with Crippen molar-refractivity contribution in [1.82, 2.24) is 4.72 Å². The van der Waals surface area contributed by atoms with Gasteiger partial charge in [0.05, 0.1) is 12.7 Å². The maximum Gasteiger partial charge on any atom is 0.266 e. The molecule has 1 unspecified atom stereocenters. The molecular weight excluding hydrogens is 328 g/mol. The van der Waals surface area contributed by atoms with Crippen LogP contribution in [-0.2, 0) is 19.5 Å². The molecule has 134 valence electrons. The van der Waals surface area contributed by atoms with Gasteiger partial charge in [0.25, 0.3) is 5.92 Å². The van der Waals surface area contributed by atoms with Crippen molar-refractivity contribution in [3.8, 4) is 0 Å². The highest BCUT2D eigenvalue weighted by molar-refractivity contribution is 7.89. The Morgan fingerprint density at radius 2 is 1.87 bits per heavy atom. The lowest BCUT2D eigenvalue weighted by atomic mass is 9.65. The first kappa shape index (κ1) is 17.5. The van der Waals surface area contributed by atoms with Crippen LogP contribution in [0.4, 0.5) is 8.78 Å². The lowest BCUT2D eigenvalue weighted by molar-refractivity contribution is -0.0792. The Bertz CT molecular complexity index is 528. The van der Waals surface area contributed by atoms with E-state index in [2.05, 4.69) is 4.72 Å². The van der Waals surface area contributed by atoms with Crippen molar-refractivity contribution in [1.29, 1.82) is 0 Å². The highest BCUT2D eigenvalue weighted by Gasteiger charge is 2.51. The van der Waals surface area contributed by atoms with Gasteiger partial charge in [-0.1, -0.05) is 0 Å². The molecule has 1 spiro atoms. The van der Waals surface area contributed by atoms with Crippen molar-refractivity contribution >= 4 is 10.0 Å². The predicted molar refractivity (Wildman–Crippen MR) is 80.9 cm³/mol. The molecule has 0 aromatic heterocycles. The summed E-state index contributed by atoms with van der Waals surface area (Å²) in [6, 6.07) is -0.237. The van der Waals surface area contributed by atoms with E-state index >= 15 is 0 Å². The van der Waals surface area contributed by atoms with Crippen LogP contribution < -0.4 is 4.72 Å². The van der Waals surface area contributed by atoms with Gasteiger partial charge in [-0.05, 0) is 44.4 Å². The van der Waals surface area contributed by atoms with Crippen LogP contribution in [0.3, 0.4) is 0 Å². The molecule has 1 saturated carbocycles. The van der Waals surface area contributed by atoms with E-state index in [0.29, 0.717) is 19.4 Å². The zero-order valence-corrected chi connectivity index (χ0v) is 14.2. The SMILES string of the molecule is CC1CC2(CO1)CC(NS(=O)(=O)CC(F)(F)C1CCOCC1)C2. The summed E-state index contributed by atoms with van der Waals surface area (Å²) in [4.78, 5) is 0. The molecular formula is C15H25F2NO4S. The second-order valence-corrected chi connectivity index (χ2v) is 9.21. The molecule has 1 atom stereocenters. The van der Waals surface area contributed by atoms with E-state index in [4.69, 9.17) is 9.47 Å². The average molecular weight is 353 g/mol. The van der Waals surface area contributed by atoms with E-state index in [0.717, 1.165) is 6.42 Å². The second-order valence-electron chi connectivity index (χ2n) is 7.46. The highest BCUT2D eigenvalue weighted by Crippen LogP contribution is 2.49. The Labute approximate surface area is 136 Å². The Morgan fingerprint density at radius 1 is 1.22 bits per heavy atom. The van der Waals surface area contributed by atoms with E-state index in [1.807, 2.05) is 6.92 Å². The van der Waals surface area contributed by atoms with Crippen molar-refractivity contribution < 1.29 is 26.7 Å². The average Bonchev–Trinajstić information content (AvgIpc) is 2.80. The van der Waals surface area contributed by atoms with Crippen LogP contribution in [0, 0.1) is 11.3 Å². The van der Waals surface area contributed by atoms with E-state index in [1.54, 1.807) is 0 Å². The van der Waals surface area contributed by atoms with E-state index in [9.17, 15) is 17.2 Å². The molecule has 2 saturated heterocycles. The molecule has 8 heteroatoms. The van der Waals surface area contributed by atoms with Gasteiger partial charge in [-0.15, -0.1) is 0 Å².